The van der Waals surface area contributed by atoms with Crippen LogP contribution in [0.5, 0.6) is 0 Å². The molecule has 2 fully saturated rings. The highest BCUT2D eigenvalue weighted by Crippen LogP contribution is 2.29. The van der Waals surface area contributed by atoms with Crippen LogP contribution in [0.25, 0.3) is 0 Å². The fourth-order valence-electron chi connectivity index (χ4n) is 3.29. The Balaban J connectivity index is 1.77. The molecule has 0 N–H and O–H groups in total. The van der Waals surface area contributed by atoms with Crippen molar-refractivity contribution >= 4 is 11.7 Å². The lowest BCUT2D eigenvalue weighted by atomic mass is 9.90. The number of anilines is 1. The Labute approximate surface area is 125 Å². The zero-order valence-corrected chi connectivity index (χ0v) is 12.8. The summed E-state index contributed by atoms with van der Waals surface area (Å²) in [6.45, 7) is 1.34. The molecule has 3 rings (SSSR count). The van der Waals surface area contributed by atoms with Crippen molar-refractivity contribution in [1.29, 1.82) is 0 Å². The molecule has 2 aliphatic rings. The number of rotatable bonds is 2. The van der Waals surface area contributed by atoms with Gasteiger partial charge in [0.25, 0.3) is 5.91 Å². The van der Waals surface area contributed by atoms with Gasteiger partial charge < -0.3 is 14.5 Å². The number of hydrogen-bond donors (Lipinski definition) is 0. The first-order valence-electron chi connectivity index (χ1n) is 7.73. The van der Waals surface area contributed by atoms with Crippen LogP contribution >= 0.6 is 0 Å². The van der Waals surface area contributed by atoms with Gasteiger partial charge in [-0.15, -0.1) is 0 Å². The highest BCUT2D eigenvalue weighted by atomic mass is 16.5. The molecular formula is C16H23N3O2. The van der Waals surface area contributed by atoms with Gasteiger partial charge in [0, 0.05) is 26.8 Å². The van der Waals surface area contributed by atoms with Crippen molar-refractivity contribution in [2.24, 2.45) is 0 Å². The molecule has 5 heteroatoms. The molecule has 2 atom stereocenters. The Morgan fingerprint density at radius 1 is 1.33 bits per heavy atom. The average Bonchev–Trinajstić information content (AvgIpc) is 2.53. The maximum Gasteiger partial charge on any atom is 0.255 e. The minimum atomic E-state index is 0.0907. The van der Waals surface area contributed by atoms with Crippen LogP contribution < -0.4 is 4.90 Å². The van der Waals surface area contributed by atoms with E-state index >= 15 is 0 Å². The molecule has 1 saturated heterocycles. The maximum absolute atomic E-state index is 12.8. The monoisotopic (exact) mass is 289 g/mol. The van der Waals surface area contributed by atoms with E-state index in [1.807, 2.05) is 36.0 Å². The van der Waals surface area contributed by atoms with Crippen molar-refractivity contribution in [1.82, 2.24) is 9.88 Å². The van der Waals surface area contributed by atoms with Gasteiger partial charge in [0.15, 0.2) is 0 Å². The van der Waals surface area contributed by atoms with Gasteiger partial charge in [-0.2, -0.15) is 0 Å². The smallest absolute Gasteiger partial charge is 0.255 e. The summed E-state index contributed by atoms with van der Waals surface area (Å²) in [5, 5.41) is 0. The van der Waals surface area contributed by atoms with Crippen molar-refractivity contribution < 1.29 is 9.53 Å². The summed E-state index contributed by atoms with van der Waals surface area (Å²) in [5.41, 5.74) is 0.673. The molecule has 1 saturated carbocycles. The predicted molar refractivity (Wildman–Crippen MR) is 81.6 cm³/mol. The van der Waals surface area contributed by atoms with Gasteiger partial charge in [-0.25, -0.2) is 4.98 Å². The predicted octanol–water partition coefficient (Wildman–Crippen LogP) is 1.93. The molecular weight excluding hydrogens is 266 g/mol. The molecule has 1 aromatic heterocycles. The van der Waals surface area contributed by atoms with E-state index in [0.717, 1.165) is 18.7 Å². The first-order valence-corrected chi connectivity index (χ1v) is 7.73. The molecule has 0 radical (unpaired) electrons. The summed E-state index contributed by atoms with van der Waals surface area (Å²) in [4.78, 5) is 21.0. The molecule has 1 aliphatic heterocycles. The summed E-state index contributed by atoms with van der Waals surface area (Å²) in [7, 11) is 3.89. The van der Waals surface area contributed by atoms with Gasteiger partial charge in [-0.1, -0.05) is 12.8 Å². The Hall–Kier alpha value is -1.62. The Bertz CT molecular complexity index is 499. The Kier molecular flexibility index (Phi) is 4.10. The first-order chi connectivity index (χ1) is 10.2. The molecule has 1 amide bonds. The number of hydrogen-bond acceptors (Lipinski definition) is 4. The summed E-state index contributed by atoms with van der Waals surface area (Å²) in [5.74, 6) is 0.956. The summed E-state index contributed by atoms with van der Waals surface area (Å²) >= 11 is 0. The van der Waals surface area contributed by atoms with Crippen LogP contribution in [0.4, 0.5) is 5.82 Å². The lowest BCUT2D eigenvalue weighted by Crippen LogP contribution is -2.54. The maximum atomic E-state index is 12.8. The summed E-state index contributed by atoms with van der Waals surface area (Å²) < 4.78 is 5.83. The highest BCUT2D eigenvalue weighted by molar-refractivity contribution is 5.94. The van der Waals surface area contributed by atoms with Gasteiger partial charge in [-0.3, -0.25) is 4.79 Å². The largest absolute Gasteiger partial charge is 0.374 e. The van der Waals surface area contributed by atoms with Gasteiger partial charge >= 0.3 is 0 Å². The third kappa shape index (κ3) is 2.88. The standard InChI is InChI=1S/C16H23N3O2/c1-18(2)15-8-7-12(11-17-15)16(20)19-9-10-21-14-6-4-3-5-13(14)19/h7-8,11,13-14H,3-6,9-10H2,1-2H3/t13-,14+/m1/s1. The van der Waals surface area contributed by atoms with E-state index in [0.29, 0.717) is 18.7 Å². The zero-order valence-electron chi connectivity index (χ0n) is 12.8. The van der Waals surface area contributed by atoms with Gasteiger partial charge in [0.2, 0.25) is 0 Å². The second-order valence-corrected chi connectivity index (χ2v) is 6.06. The average molecular weight is 289 g/mol. The number of fused-ring (bicyclic) bond motifs is 1. The molecule has 21 heavy (non-hydrogen) atoms. The molecule has 2 heterocycles. The minimum absolute atomic E-state index is 0.0907. The van der Waals surface area contributed by atoms with Crippen LogP contribution in [0.2, 0.25) is 0 Å². The Morgan fingerprint density at radius 2 is 2.14 bits per heavy atom. The van der Waals surface area contributed by atoms with E-state index < -0.39 is 0 Å². The van der Waals surface area contributed by atoms with E-state index in [1.54, 1.807) is 6.20 Å². The Morgan fingerprint density at radius 3 is 2.86 bits per heavy atom. The molecule has 0 unspecified atom stereocenters. The first kappa shape index (κ1) is 14.3. The lowest BCUT2D eigenvalue weighted by molar-refractivity contribution is -0.0752. The van der Waals surface area contributed by atoms with Crippen molar-refractivity contribution in [3.05, 3.63) is 23.9 Å². The fraction of sp³-hybridized carbons (Fsp3) is 0.625. The number of carbonyl (C=O) groups excluding carboxylic acids is 1. The molecule has 1 aliphatic carbocycles. The molecule has 5 nitrogen and oxygen atoms in total. The number of ether oxygens (including phenoxy) is 1. The molecule has 1 aromatic rings. The SMILES string of the molecule is CN(C)c1ccc(C(=O)N2CCO[C@H]3CCCC[C@H]32)cn1. The van der Waals surface area contributed by atoms with Gasteiger partial charge in [0.05, 0.1) is 24.3 Å². The number of morpholine rings is 1. The molecule has 0 aromatic carbocycles. The fourth-order valence-corrected chi connectivity index (χ4v) is 3.29. The van der Waals surface area contributed by atoms with Crippen LogP contribution in [-0.2, 0) is 4.74 Å². The summed E-state index contributed by atoms with van der Waals surface area (Å²) in [6.07, 6.45) is 6.44. The number of carbonyl (C=O) groups is 1. The quantitative estimate of drug-likeness (QED) is 0.834. The zero-order chi connectivity index (χ0) is 14.8. The van der Waals surface area contributed by atoms with Crippen molar-refractivity contribution in [3.8, 4) is 0 Å². The highest BCUT2D eigenvalue weighted by Gasteiger charge is 2.36. The lowest BCUT2D eigenvalue weighted by Gasteiger charge is -2.43. The summed E-state index contributed by atoms with van der Waals surface area (Å²) in [6, 6.07) is 4.01. The van der Waals surface area contributed by atoms with E-state index in [2.05, 4.69) is 4.98 Å². The molecule has 0 bridgehead atoms. The van der Waals surface area contributed by atoms with Crippen molar-refractivity contribution in [2.75, 3.05) is 32.1 Å². The van der Waals surface area contributed by atoms with Gasteiger partial charge in [0.1, 0.15) is 5.82 Å². The van der Waals surface area contributed by atoms with Crippen LogP contribution in [-0.4, -0.2) is 55.2 Å². The van der Waals surface area contributed by atoms with Crippen LogP contribution in [0.3, 0.4) is 0 Å². The van der Waals surface area contributed by atoms with E-state index in [9.17, 15) is 4.79 Å². The van der Waals surface area contributed by atoms with Crippen molar-refractivity contribution in [3.63, 3.8) is 0 Å². The third-order valence-corrected chi connectivity index (χ3v) is 4.45. The number of amides is 1. The molecule has 0 spiro atoms. The van der Waals surface area contributed by atoms with E-state index in [-0.39, 0.29) is 18.1 Å². The third-order valence-electron chi connectivity index (χ3n) is 4.45. The van der Waals surface area contributed by atoms with Crippen LogP contribution in [0.15, 0.2) is 18.3 Å². The molecule has 114 valence electrons. The topological polar surface area (TPSA) is 45.7 Å². The number of aromatic nitrogens is 1. The van der Waals surface area contributed by atoms with E-state index in [4.69, 9.17) is 4.74 Å². The number of pyridine rings is 1. The van der Waals surface area contributed by atoms with Crippen LogP contribution in [0, 0.1) is 0 Å². The number of nitrogens with zero attached hydrogens (tertiary/aromatic N) is 3. The minimum Gasteiger partial charge on any atom is -0.374 e. The van der Waals surface area contributed by atoms with Crippen LogP contribution in [0.1, 0.15) is 36.0 Å². The second kappa shape index (κ2) is 6.02. The normalized spacial score (nSPS) is 25.3. The van der Waals surface area contributed by atoms with E-state index in [1.165, 1.54) is 12.8 Å². The second-order valence-electron chi connectivity index (χ2n) is 6.06. The van der Waals surface area contributed by atoms with Crippen molar-refractivity contribution in [2.45, 2.75) is 37.8 Å². The van der Waals surface area contributed by atoms with Gasteiger partial charge in [-0.05, 0) is 25.0 Å².